The molecule has 3 fully saturated rings. The van der Waals surface area contributed by atoms with E-state index in [2.05, 4.69) is 27.8 Å². The second kappa shape index (κ2) is 7.03. The van der Waals surface area contributed by atoms with E-state index in [1.165, 1.54) is 25.7 Å². The van der Waals surface area contributed by atoms with E-state index in [9.17, 15) is 5.26 Å². The van der Waals surface area contributed by atoms with E-state index in [1.54, 1.807) is 12.3 Å². The minimum Gasteiger partial charge on any atom is -0.353 e. The van der Waals surface area contributed by atoms with Crippen LogP contribution in [0.2, 0.25) is 0 Å². The summed E-state index contributed by atoms with van der Waals surface area (Å²) in [5.74, 6) is 2.17. The molecule has 5 heteroatoms. The summed E-state index contributed by atoms with van der Waals surface area (Å²) in [5.41, 5.74) is 4.79. The molecule has 2 aromatic heterocycles. The molecule has 5 nitrogen and oxygen atoms in total. The van der Waals surface area contributed by atoms with Gasteiger partial charge < -0.3 is 10.2 Å². The van der Waals surface area contributed by atoms with Crippen LogP contribution in [0.15, 0.2) is 31.0 Å². The molecule has 2 saturated carbocycles. The molecular weight excluding hydrogens is 346 g/mol. The number of piperazine rings is 1. The van der Waals surface area contributed by atoms with Gasteiger partial charge in [-0.1, -0.05) is 6.58 Å². The van der Waals surface area contributed by atoms with Gasteiger partial charge in [0.1, 0.15) is 11.9 Å². The monoisotopic (exact) mass is 371 g/mol. The van der Waals surface area contributed by atoms with Gasteiger partial charge in [0, 0.05) is 43.4 Å². The summed E-state index contributed by atoms with van der Waals surface area (Å²) in [6.45, 7) is 6.64. The maximum atomic E-state index is 9.89. The first-order valence-electron chi connectivity index (χ1n) is 10.3. The summed E-state index contributed by atoms with van der Waals surface area (Å²) in [6.07, 6.45) is 8.56. The standard InChI is InChI=1S/C23H25N5/c1-2-19-11-17(7-8-25-19)20-12-18(13-24)23(27-22(20)16-5-6-16)28-10-9-26-21(14-28)15-3-4-15/h2,7-8,11-12,15-16,21,26H,1,3-6,9-10,14H2. The van der Waals surface area contributed by atoms with Crippen LogP contribution in [0, 0.1) is 17.2 Å². The highest BCUT2D eigenvalue weighted by Gasteiger charge is 2.36. The van der Waals surface area contributed by atoms with Crippen LogP contribution in [0.3, 0.4) is 0 Å². The topological polar surface area (TPSA) is 64.8 Å². The Labute approximate surface area is 166 Å². The highest BCUT2D eigenvalue weighted by atomic mass is 15.2. The number of hydrogen-bond donors (Lipinski definition) is 1. The summed E-state index contributed by atoms with van der Waals surface area (Å²) >= 11 is 0. The SMILES string of the molecule is C=Cc1cc(-c2cc(C#N)c(N3CCNC(C4CC4)C3)nc2C2CC2)ccn1. The fraction of sp³-hybridized carbons (Fsp3) is 0.435. The number of nitrogens with one attached hydrogen (secondary N) is 1. The van der Waals surface area contributed by atoms with Crippen molar-refractivity contribution in [3.05, 3.63) is 47.9 Å². The lowest BCUT2D eigenvalue weighted by Crippen LogP contribution is -2.52. The Hall–Kier alpha value is -2.71. The summed E-state index contributed by atoms with van der Waals surface area (Å²) in [5, 5.41) is 13.5. The third kappa shape index (κ3) is 3.29. The molecule has 2 aromatic rings. The Morgan fingerprint density at radius 3 is 2.82 bits per heavy atom. The molecule has 2 aliphatic carbocycles. The molecule has 3 heterocycles. The van der Waals surface area contributed by atoms with Crippen LogP contribution in [0.25, 0.3) is 17.2 Å². The first-order valence-corrected chi connectivity index (χ1v) is 10.3. The summed E-state index contributed by atoms with van der Waals surface area (Å²) in [4.78, 5) is 11.8. The average molecular weight is 371 g/mol. The van der Waals surface area contributed by atoms with Crippen molar-refractivity contribution in [2.75, 3.05) is 24.5 Å². The quantitative estimate of drug-likeness (QED) is 0.868. The van der Waals surface area contributed by atoms with E-state index < -0.39 is 0 Å². The van der Waals surface area contributed by atoms with Crippen LogP contribution in [-0.4, -0.2) is 35.6 Å². The van der Waals surface area contributed by atoms with E-state index in [-0.39, 0.29) is 0 Å². The van der Waals surface area contributed by atoms with Gasteiger partial charge in [-0.2, -0.15) is 5.26 Å². The zero-order valence-electron chi connectivity index (χ0n) is 16.1. The van der Waals surface area contributed by atoms with Crippen LogP contribution < -0.4 is 10.2 Å². The van der Waals surface area contributed by atoms with E-state index in [0.717, 1.165) is 53.9 Å². The Bertz CT molecular complexity index is 952. The molecule has 1 aliphatic heterocycles. The third-order valence-electron chi connectivity index (χ3n) is 6.11. The summed E-state index contributed by atoms with van der Waals surface area (Å²) < 4.78 is 0. The number of nitrogens with zero attached hydrogens (tertiary/aromatic N) is 4. The maximum absolute atomic E-state index is 9.89. The van der Waals surface area contributed by atoms with Crippen molar-refractivity contribution in [3.63, 3.8) is 0 Å². The van der Waals surface area contributed by atoms with Gasteiger partial charge in [0.25, 0.3) is 0 Å². The highest BCUT2D eigenvalue weighted by Crippen LogP contribution is 2.45. The van der Waals surface area contributed by atoms with Gasteiger partial charge in [0.15, 0.2) is 0 Å². The number of pyridine rings is 2. The second-order valence-electron chi connectivity index (χ2n) is 8.20. The molecular formula is C23H25N5. The Balaban J connectivity index is 1.56. The Kier molecular flexibility index (Phi) is 4.37. The van der Waals surface area contributed by atoms with Crippen LogP contribution in [0.5, 0.6) is 0 Å². The van der Waals surface area contributed by atoms with E-state index >= 15 is 0 Å². The predicted octanol–water partition coefficient (Wildman–Crippen LogP) is 3.72. The number of rotatable bonds is 5. The second-order valence-corrected chi connectivity index (χ2v) is 8.20. The molecule has 1 unspecified atom stereocenters. The molecule has 1 atom stereocenters. The molecule has 0 amide bonds. The van der Waals surface area contributed by atoms with Crippen LogP contribution >= 0.6 is 0 Å². The minimum absolute atomic E-state index is 0.504. The molecule has 1 saturated heterocycles. The number of hydrogen-bond acceptors (Lipinski definition) is 5. The highest BCUT2D eigenvalue weighted by molar-refractivity contribution is 5.73. The predicted molar refractivity (Wildman–Crippen MR) is 111 cm³/mol. The zero-order chi connectivity index (χ0) is 19.1. The van der Waals surface area contributed by atoms with E-state index in [0.29, 0.717) is 17.5 Å². The van der Waals surface area contributed by atoms with Crippen molar-refractivity contribution < 1.29 is 0 Å². The lowest BCUT2D eigenvalue weighted by molar-refractivity contribution is 0.417. The van der Waals surface area contributed by atoms with Crippen molar-refractivity contribution in [2.24, 2.45) is 5.92 Å². The molecule has 0 bridgehead atoms. The molecule has 1 N–H and O–H groups in total. The van der Waals surface area contributed by atoms with Crippen molar-refractivity contribution in [1.82, 2.24) is 15.3 Å². The molecule has 142 valence electrons. The lowest BCUT2D eigenvalue weighted by atomic mass is 9.99. The van der Waals surface area contributed by atoms with Gasteiger partial charge in [-0.05, 0) is 61.4 Å². The van der Waals surface area contributed by atoms with Crippen molar-refractivity contribution >= 4 is 11.9 Å². The molecule has 28 heavy (non-hydrogen) atoms. The summed E-state index contributed by atoms with van der Waals surface area (Å²) in [7, 11) is 0. The lowest BCUT2D eigenvalue weighted by Gasteiger charge is -2.35. The first kappa shape index (κ1) is 17.4. The molecule has 3 aliphatic rings. The molecule has 0 radical (unpaired) electrons. The Morgan fingerprint density at radius 2 is 2.11 bits per heavy atom. The largest absolute Gasteiger partial charge is 0.353 e. The Morgan fingerprint density at radius 1 is 1.25 bits per heavy atom. The number of nitriles is 1. The fourth-order valence-electron chi connectivity index (χ4n) is 4.25. The molecule has 0 aromatic carbocycles. The zero-order valence-corrected chi connectivity index (χ0v) is 16.1. The van der Waals surface area contributed by atoms with Gasteiger partial charge >= 0.3 is 0 Å². The normalized spacial score (nSPS) is 22.0. The summed E-state index contributed by atoms with van der Waals surface area (Å²) in [6, 6.07) is 9.03. The maximum Gasteiger partial charge on any atom is 0.146 e. The van der Waals surface area contributed by atoms with Gasteiger partial charge in [0.05, 0.1) is 17.0 Å². The van der Waals surface area contributed by atoms with E-state index in [4.69, 9.17) is 4.98 Å². The molecule has 5 rings (SSSR count). The molecule has 0 spiro atoms. The minimum atomic E-state index is 0.504. The third-order valence-corrected chi connectivity index (χ3v) is 6.11. The van der Waals surface area contributed by atoms with Crippen molar-refractivity contribution in [2.45, 2.75) is 37.6 Å². The fourth-order valence-corrected chi connectivity index (χ4v) is 4.25. The van der Waals surface area contributed by atoms with Gasteiger partial charge in [-0.15, -0.1) is 0 Å². The van der Waals surface area contributed by atoms with Crippen LogP contribution in [-0.2, 0) is 0 Å². The van der Waals surface area contributed by atoms with Gasteiger partial charge in [0.2, 0.25) is 0 Å². The van der Waals surface area contributed by atoms with Gasteiger partial charge in [-0.25, -0.2) is 4.98 Å². The average Bonchev–Trinajstić information content (AvgIpc) is 3.66. The number of aromatic nitrogens is 2. The number of anilines is 1. The van der Waals surface area contributed by atoms with Crippen molar-refractivity contribution in [1.29, 1.82) is 5.26 Å². The first-order chi connectivity index (χ1) is 13.8. The van der Waals surface area contributed by atoms with E-state index in [1.807, 2.05) is 18.2 Å². The van der Waals surface area contributed by atoms with Gasteiger partial charge in [-0.3, -0.25) is 4.98 Å². The smallest absolute Gasteiger partial charge is 0.146 e. The van der Waals surface area contributed by atoms with Crippen molar-refractivity contribution in [3.8, 4) is 17.2 Å². The van der Waals surface area contributed by atoms with Crippen LogP contribution in [0.4, 0.5) is 5.82 Å². The van der Waals surface area contributed by atoms with Crippen LogP contribution in [0.1, 0.15) is 48.6 Å².